The van der Waals surface area contributed by atoms with Crippen molar-refractivity contribution in [3.63, 3.8) is 0 Å². The summed E-state index contributed by atoms with van der Waals surface area (Å²) in [4.78, 5) is 4.44. The highest BCUT2D eigenvalue weighted by Crippen LogP contribution is 2.59. The first-order valence-electron chi connectivity index (χ1n) is 18.6. The highest BCUT2D eigenvalue weighted by molar-refractivity contribution is 5.94. The minimum Gasteiger partial charge on any atom is -0.310 e. The van der Waals surface area contributed by atoms with Crippen LogP contribution in [0.25, 0.3) is 22.3 Å². The average molecular weight is 709 g/mol. The van der Waals surface area contributed by atoms with Gasteiger partial charge in [0.25, 0.3) is 0 Å². The van der Waals surface area contributed by atoms with Crippen molar-refractivity contribution in [1.29, 1.82) is 0 Å². The first kappa shape index (κ1) is 33.8. The fourth-order valence-electron chi connectivity index (χ4n) is 9.06. The van der Waals surface area contributed by atoms with Crippen LogP contribution in [-0.2, 0) is 10.8 Å². The van der Waals surface area contributed by atoms with E-state index in [0.29, 0.717) is 0 Å². The Morgan fingerprint density at radius 3 is 1.06 bits per heavy atom. The molecule has 4 heteroatoms. The van der Waals surface area contributed by atoms with Gasteiger partial charge >= 0.3 is 0 Å². The molecule has 7 aromatic rings. The Morgan fingerprint density at radius 1 is 0.370 bits per heavy atom. The molecule has 0 atom stereocenters. The van der Waals surface area contributed by atoms with E-state index in [9.17, 15) is 8.78 Å². The van der Waals surface area contributed by atoms with Crippen molar-refractivity contribution in [1.82, 2.24) is 0 Å². The summed E-state index contributed by atoms with van der Waals surface area (Å²) in [5.74, 6) is -0.502. The average Bonchev–Trinajstić information content (AvgIpc) is 3.53. The lowest BCUT2D eigenvalue weighted by Gasteiger charge is -2.29. The Bertz CT molecular complexity index is 2390. The molecule has 2 nitrogen and oxygen atoms in total. The molecule has 0 saturated heterocycles. The van der Waals surface area contributed by atoms with E-state index >= 15 is 0 Å². The van der Waals surface area contributed by atoms with Gasteiger partial charge in [0.2, 0.25) is 0 Å². The summed E-state index contributed by atoms with van der Waals surface area (Å²) in [6.45, 7) is 13.8. The number of anilines is 6. The number of aryl methyl sites for hydroxylation is 2. The predicted molar refractivity (Wildman–Crippen MR) is 220 cm³/mol. The molecule has 0 bridgehead atoms. The maximum absolute atomic E-state index is 14.1. The minimum atomic E-state index is -0.265. The van der Waals surface area contributed by atoms with E-state index in [0.717, 1.165) is 34.1 Å². The maximum Gasteiger partial charge on any atom is 0.123 e. The van der Waals surface area contributed by atoms with E-state index in [1.807, 2.05) is 60.7 Å². The molecule has 266 valence electrons. The largest absolute Gasteiger partial charge is 0.310 e. The van der Waals surface area contributed by atoms with Crippen LogP contribution in [0.3, 0.4) is 0 Å². The standard InChI is InChI=1S/C50H42F2N2/c1-31-25-39(53(35-13-9-7-10-14-35)37-21-17-33(51)18-22-37)27-45-47(31)41-29-44-42(30-43(41)49(45,3)4)48-32(2)26-40(28-46(48)50(44,5)6)54(36-15-11-8-12-16-36)38-23-19-34(52)20-24-38/h7-30H,1-6H3. The number of benzene rings is 7. The molecule has 0 aliphatic heterocycles. The van der Waals surface area contributed by atoms with Gasteiger partial charge in [0, 0.05) is 45.0 Å². The zero-order chi connectivity index (χ0) is 37.5. The fourth-order valence-corrected chi connectivity index (χ4v) is 9.06. The third-order valence-electron chi connectivity index (χ3n) is 11.7. The van der Waals surface area contributed by atoms with Crippen molar-refractivity contribution in [2.45, 2.75) is 52.4 Å². The van der Waals surface area contributed by atoms with Gasteiger partial charge in [0.1, 0.15) is 11.6 Å². The summed E-state index contributed by atoms with van der Waals surface area (Å²) in [6.07, 6.45) is 0. The second-order valence-corrected chi connectivity index (χ2v) is 15.9. The molecule has 2 aliphatic carbocycles. The number of hydrogen-bond donors (Lipinski definition) is 0. The van der Waals surface area contributed by atoms with Crippen molar-refractivity contribution in [2.75, 3.05) is 9.80 Å². The molecule has 0 N–H and O–H groups in total. The summed E-state index contributed by atoms with van der Waals surface area (Å²) >= 11 is 0. The van der Waals surface area contributed by atoms with Crippen molar-refractivity contribution in [2.24, 2.45) is 0 Å². The van der Waals surface area contributed by atoms with E-state index in [2.05, 4.69) is 112 Å². The lowest BCUT2D eigenvalue weighted by molar-refractivity contribution is 0.627. The minimum absolute atomic E-state index is 0.251. The predicted octanol–water partition coefficient (Wildman–Crippen LogP) is 14.1. The van der Waals surface area contributed by atoms with E-state index in [1.54, 1.807) is 0 Å². The van der Waals surface area contributed by atoms with E-state index in [4.69, 9.17) is 0 Å². The first-order chi connectivity index (χ1) is 25.9. The molecule has 54 heavy (non-hydrogen) atoms. The van der Waals surface area contributed by atoms with Gasteiger partial charge in [-0.05, 0) is 179 Å². The molecule has 2 aliphatic rings. The summed E-state index contributed by atoms with van der Waals surface area (Å²) in [6, 6.07) is 48.3. The molecule has 0 spiro atoms. The topological polar surface area (TPSA) is 6.48 Å². The van der Waals surface area contributed by atoms with Crippen molar-refractivity contribution in [3.05, 3.63) is 191 Å². The van der Waals surface area contributed by atoms with Crippen LogP contribution in [0.4, 0.5) is 42.9 Å². The molecule has 0 amide bonds. The smallest absolute Gasteiger partial charge is 0.123 e. The number of nitrogens with zero attached hydrogens (tertiary/aromatic N) is 2. The van der Waals surface area contributed by atoms with Crippen LogP contribution < -0.4 is 9.80 Å². The highest BCUT2D eigenvalue weighted by Gasteiger charge is 2.43. The molecule has 0 fully saturated rings. The Balaban J connectivity index is 1.18. The second kappa shape index (κ2) is 12.3. The van der Waals surface area contributed by atoms with Gasteiger partial charge in [0.15, 0.2) is 0 Å². The fraction of sp³-hybridized carbons (Fsp3) is 0.160. The van der Waals surface area contributed by atoms with Gasteiger partial charge in [-0.1, -0.05) is 64.1 Å². The van der Waals surface area contributed by atoms with Crippen LogP contribution in [0.1, 0.15) is 61.1 Å². The van der Waals surface area contributed by atoms with E-state index < -0.39 is 0 Å². The van der Waals surface area contributed by atoms with Crippen LogP contribution >= 0.6 is 0 Å². The van der Waals surface area contributed by atoms with E-state index in [1.165, 1.54) is 79.9 Å². The van der Waals surface area contributed by atoms with Crippen molar-refractivity contribution in [3.8, 4) is 22.3 Å². The molecule has 7 aromatic carbocycles. The Hall–Kier alpha value is -6.00. The third kappa shape index (κ3) is 5.19. The van der Waals surface area contributed by atoms with Gasteiger partial charge in [-0.25, -0.2) is 8.78 Å². The summed E-state index contributed by atoms with van der Waals surface area (Å²) in [5, 5.41) is 0. The number of hydrogen-bond acceptors (Lipinski definition) is 2. The van der Waals surface area contributed by atoms with Crippen LogP contribution in [-0.4, -0.2) is 0 Å². The second-order valence-electron chi connectivity index (χ2n) is 15.9. The lowest BCUT2D eigenvalue weighted by atomic mass is 9.79. The Morgan fingerprint density at radius 2 is 0.704 bits per heavy atom. The maximum atomic E-state index is 14.1. The number of fused-ring (bicyclic) bond motifs is 6. The molecular weight excluding hydrogens is 667 g/mol. The van der Waals surface area contributed by atoms with Crippen LogP contribution in [0.5, 0.6) is 0 Å². The van der Waals surface area contributed by atoms with Gasteiger partial charge in [0.05, 0.1) is 0 Å². The lowest BCUT2D eigenvalue weighted by Crippen LogP contribution is -2.18. The quantitative estimate of drug-likeness (QED) is 0.170. The molecule has 0 radical (unpaired) electrons. The zero-order valence-electron chi connectivity index (χ0n) is 31.5. The molecular formula is C50H42F2N2. The first-order valence-corrected chi connectivity index (χ1v) is 18.6. The summed E-state index contributed by atoms with van der Waals surface area (Å²) in [5.41, 5.74) is 18.3. The number of para-hydroxylation sites is 2. The molecule has 0 unspecified atom stereocenters. The Kier molecular flexibility index (Phi) is 7.69. The van der Waals surface area contributed by atoms with Gasteiger partial charge in [-0.3, -0.25) is 0 Å². The zero-order valence-corrected chi connectivity index (χ0v) is 31.5. The highest BCUT2D eigenvalue weighted by atomic mass is 19.1. The third-order valence-corrected chi connectivity index (χ3v) is 11.7. The number of rotatable bonds is 6. The molecule has 0 aromatic heterocycles. The van der Waals surface area contributed by atoms with Gasteiger partial charge < -0.3 is 9.80 Å². The summed E-state index contributed by atoms with van der Waals surface area (Å²) in [7, 11) is 0. The van der Waals surface area contributed by atoms with Gasteiger partial charge in [-0.2, -0.15) is 0 Å². The normalized spacial score (nSPS) is 14.2. The van der Waals surface area contributed by atoms with Crippen LogP contribution in [0, 0.1) is 25.5 Å². The van der Waals surface area contributed by atoms with Crippen molar-refractivity contribution >= 4 is 34.1 Å². The molecule has 9 rings (SSSR count). The Labute approximate surface area is 317 Å². The van der Waals surface area contributed by atoms with Gasteiger partial charge in [-0.15, -0.1) is 0 Å². The SMILES string of the molecule is Cc1cc(N(c2ccccc2)c2ccc(F)cc2)cc2c1-c1cc3c(cc1C2(C)C)-c1c(C)cc(N(c2ccccc2)c2ccc(F)cc2)cc1C3(C)C. The summed E-state index contributed by atoms with van der Waals surface area (Å²) < 4.78 is 28.2. The van der Waals surface area contributed by atoms with E-state index in [-0.39, 0.29) is 22.5 Å². The van der Waals surface area contributed by atoms with Crippen LogP contribution in [0.2, 0.25) is 0 Å². The number of halogens is 2. The molecule has 0 heterocycles. The monoisotopic (exact) mass is 708 g/mol. The van der Waals surface area contributed by atoms with Crippen molar-refractivity contribution < 1.29 is 8.78 Å². The molecule has 0 saturated carbocycles. The van der Waals surface area contributed by atoms with Crippen LogP contribution in [0.15, 0.2) is 146 Å².